The van der Waals surface area contributed by atoms with E-state index in [1.54, 1.807) is 0 Å². The maximum absolute atomic E-state index is 13.5. The lowest BCUT2D eigenvalue weighted by Gasteiger charge is -2.20. The second-order valence-corrected chi connectivity index (χ2v) is 10.7. The fourth-order valence-electron chi connectivity index (χ4n) is 5.07. The van der Waals surface area contributed by atoms with Crippen molar-refractivity contribution >= 4 is 55.5 Å². The molecule has 0 atom stereocenters. The highest BCUT2D eigenvalue weighted by atomic mass is 79.9. The van der Waals surface area contributed by atoms with Crippen molar-refractivity contribution in [3.8, 4) is 0 Å². The number of halogens is 2. The molecule has 2 heterocycles. The number of fused-ring (bicyclic) bond motifs is 2. The minimum Gasteiger partial charge on any atom is -0.355 e. The van der Waals surface area contributed by atoms with Crippen molar-refractivity contribution in [3.63, 3.8) is 0 Å². The smallest absolute Gasteiger partial charge is 0.252 e. The van der Waals surface area contributed by atoms with Gasteiger partial charge in [-0.1, -0.05) is 33.6 Å². The van der Waals surface area contributed by atoms with E-state index in [2.05, 4.69) is 61.3 Å². The fourth-order valence-corrected chi connectivity index (χ4v) is 5.65. The summed E-state index contributed by atoms with van der Waals surface area (Å²) in [6.45, 7) is 6.22. The van der Waals surface area contributed by atoms with Crippen LogP contribution in [0.15, 0.2) is 46.9 Å². The number of carbonyl (C=O) groups is 1. The summed E-state index contributed by atoms with van der Waals surface area (Å²) < 4.78 is 1.03. The molecular weight excluding hydrogens is 512 g/mol. The van der Waals surface area contributed by atoms with Gasteiger partial charge in [0, 0.05) is 52.1 Å². The van der Waals surface area contributed by atoms with Crippen LogP contribution >= 0.6 is 27.5 Å². The number of carbonyl (C=O) groups excluding carboxylic acids is 1. The van der Waals surface area contributed by atoms with Crippen LogP contribution in [0.25, 0.3) is 22.0 Å². The molecule has 1 fully saturated rings. The van der Waals surface area contributed by atoms with Crippen LogP contribution in [-0.4, -0.2) is 67.0 Å². The van der Waals surface area contributed by atoms with Gasteiger partial charge in [0.15, 0.2) is 0 Å². The van der Waals surface area contributed by atoms with Crippen LogP contribution in [0.5, 0.6) is 0 Å². The topological polar surface area (TPSA) is 51.4 Å². The quantitative estimate of drug-likeness (QED) is 0.422. The molecule has 178 valence electrons. The monoisotopic (exact) mass is 540 g/mol. The molecule has 5 rings (SSSR count). The molecule has 2 aromatic carbocycles. The second-order valence-electron chi connectivity index (χ2n) is 9.35. The summed E-state index contributed by atoms with van der Waals surface area (Å²) in [5, 5.41) is 4.97. The summed E-state index contributed by atoms with van der Waals surface area (Å²) >= 11 is 9.78. The van der Waals surface area contributed by atoms with Gasteiger partial charge in [-0.15, -0.1) is 0 Å². The van der Waals surface area contributed by atoms with Gasteiger partial charge in [0.25, 0.3) is 5.91 Å². The summed E-state index contributed by atoms with van der Waals surface area (Å²) in [6.07, 6.45) is 2.89. The number of aromatic nitrogens is 1. The molecule has 0 radical (unpaired) electrons. The molecule has 1 amide bonds. The Kier molecular flexibility index (Phi) is 7.11. The largest absolute Gasteiger partial charge is 0.355 e. The van der Waals surface area contributed by atoms with Crippen molar-refractivity contribution in [3.05, 3.63) is 68.8 Å². The molecule has 0 spiro atoms. The Hall–Kier alpha value is -2.12. The highest BCUT2D eigenvalue weighted by molar-refractivity contribution is 9.10. The van der Waals surface area contributed by atoms with E-state index < -0.39 is 0 Å². The third kappa shape index (κ3) is 5.10. The normalized spacial score (nSPS) is 17.3. The number of rotatable bonds is 6. The molecular formula is C27H30BrClN4O. The third-order valence-corrected chi connectivity index (χ3v) is 7.62. The van der Waals surface area contributed by atoms with Crippen molar-refractivity contribution in [1.82, 2.24) is 20.1 Å². The zero-order valence-electron chi connectivity index (χ0n) is 19.5. The highest BCUT2D eigenvalue weighted by Crippen LogP contribution is 2.40. The molecule has 1 aromatic heterocycles. The fraction of sp³-hybridized carbons (Fsp3) is 0.370. The first-order chi connectivity index (χ1) is 16.5. The lowest BCUT2D eigenvalue weighted by molar-refractivity contribution is -0.115. The molecule has 7 heteroatoms. The van der Waals surface area contributed by atoms with Gasteiger partial charge in [0.1, 0.15) is 0 Å². The van der Waals surface area contributed by atoms with Crippen LogP contribution in [0.1, 0.15) is 29.7 Å². The van der Waals surface area contributed by atoms with Crippen molar-refractivity contribution in [2.45, 2.75) is 19.3 Å². The lowest BCUT2D eigenvalue weighted by atomic mass is 10.0. The van der Waals surface area contributed by atoms with Gasteiger partial charge < -0.3 is 20.1 Å². The summed E-state index contributed by atoms with van der Waals surface area (Å²) in [7, 11) is 2.19. The van der Waals surface area contributed by atoms with E-state index in [1.807, 2.05) is 24.3 Å². The average Bonchev–Trinajstić information content (AvgIpc) is 3.33. The Balaban J connectivity index is 1.34. The number of hydrogen-bond donors (Lipinski definition) is 2. The molecule has 0 unspecified atom stereocenters. The summed E-state index contributed by atoms with van der Waals surface area (Å²) in [5.41, 5.74) is 5.99. The minimum atomic E-state index is 0.00311. The molecule has 2 N–H and O–H groups in total. The van der Waals surface area contributed by atoms with Crippen LogP contribution in [0, 0.1) is 0 Å². The van der Waals surface area contributed by atoms with Crippen molar-refractivity contribution in [1.29, 1.82) is 0 Å². The van der Waals surface area contributed by atoms with Crippen LogP contribution < -0.4 is 5.32 Å². The number of hydrogen-bond acceptors (Lipinski definition) is 3. The molecule has 1 saturated heterocycles. The number of amides is 1. The number of H-pyrrole nitrogens is 1. The first-order valence-corrected chi connectivity index (χ1v) is 13.1. The summed E-state index contributed by atoms with van der Waals surface area (Å²) in [4.78, 5) is 21.9. The minimum absolute atomic E-state index is 0.00311. The zero-order valence-corrected chi connectivity index (χ0v) is 21.8. The summed E-state index contributed by atoms with van der Waals surface area (Å²) in [5.74, 6) is 0.00311. The Labute approximate surface area is 214 Å². The van der Waals surface area contributed by atoms with Crippen LogP contribution in [0.2, 0.25) is 5.02 Å². The van der Waals surface area contributed by atoms with E-state index in [4.69, 9.17) is 11.6 Å². The van der Waals surface area contributed by atoms with E-state index in [-0.39, 0.29) is 5.91 Å². The van der Waals surface area contributed by atoms with Crippen LogP contribution in [0.4, 0.5) is 0 Å². The maximum Gasteiger partial charge on any atom is 0.252 e. The van der Waals surface area contributed by atoms with Crippen molar-refractivity contribution < 1.29 is 4.79 Å². The predicted octanol–water partition coefficient (Wildman–Crippen LogP) is 5.19. The Bertz CT molecular complexity index is 1250. The first-order valence-electron chi connectivity index (χ1n) is 12.0. The third-order valence-electron chi connectivity index (χ3n) is 6.89. The number of aromatic amines is 1. The molecule has 1 aliphatic carbocycles. The highest BCUT2D eigenvalue weighted by Gasteiger charge is 2.28. The lowest BCUT2D eigenvalue weighted by Crippen LogP contribution is -2.32. The van der Waals surface area contributed by atoms with Crippen molar-refractivity contribution in [2.75, 3.05) is 46.3 Å². The Morgan fingerprint density at radius 2 is 2.00 bits per heavy atom. The van der Waals surface area contributed by atoms with Gasteiger partial charge in [-0.05, 0) is 92.6 Å². The van der Waals surface area contributed by atoms with Gasteiger partial charge in [-0.2, -0.15) is 0 Å². The standard InChI is InChI=1S/C27H30BrClN4O/c1-32-9-3-11-33(13-12-32)10-2-8-30-27(34)26-22-6-4-20(28)14-18(22)16-23(26)25-17-19-15-21(29)5-7-24(19)31-25/h4-7,14-15,17,31H,2-3,8-13,16H2,1H3,(H,30,34). The Morgan fingerprint density at radius 1 is 1.12 bits per heavy atom. The molecule has 0 saturated carbocycles. The van der Waals surface area contributed by atoms with Gasteiger partial charge in [-0.3, -0.25) is 4.79 Å². The number of allylic oxidation sites excluding steroid dienone is 1. The van der Waals surface area contributed by atoms with Gasteiger partial charge >= 0.3 is 0 Å². The summed E-state index contributed by atoms with van der Waals surface area (Å²) in [6, 6.07) is 14.1. The molecule has 3 aromatic rings. The molecule has 0 bridgehead atoms. The van der Waals surface area contributed by atoms with E-state index in [0.29, 0.717) is 11.6 Å². The number of benzene rings is 2. The van der Waals surface area contributed by atoms with Gasteiger partial charge in [-0.25, -0.2) is 0 Å². The number of nitrogens with zero attached hydrogens (tertiary/aromatic N) is 2. The molecule has 1 aliphatic heterocycles. The zero-order chi connectivity index (χ0) is 23.7. The number of likely N-dealkylation sites (N-methyl/N-ethyl adjacent to an activating group) is 1. The maximum atomic E-state index is 13.5. The molecule has 2 aliphatic rings. The van der Waals surface area contributed by atoms with Crippen LogP contribution in [-0.2, 0) is 11.2 Å². The van der Waals surface area contributed by atoms with Crippen molar-refractivity contribution in [2.24, 2.45) is 0 Å². The SMILES string of the molecule is CN1CCCN(CCCNC(=O)C2=C(c3cc4cc(Cl)ccc4[nH]3)Cc3cc(Br)ccc32)CC1. The van der Waals surface area contributed by atoms with E-state index in [9.17, 15) is 4.79 Å². The molecule has 5 nitrogen and oxygen atoms in total. The van der Waals surface area contributed by atoms with E-state index >= 15 is 0 Å². The Morgan fingerprint density at radius 3 is 2.88 bits per heavy atom. The first kappa shape index (κ1) is 23.6. The molecule has 34 heavy (non-hydrogen) atoms. The predicted molar refractivity (Wildman–Crippen MR) is 144 cm³/mol. The van der Waals surface area contributed by atoms with E-state index in [1.165, 1.54) is 18.5 Å². The van der Waals surface area contributed by atoms with E-state index in [0.717, 1.165) is 76.8 Å². The average molecular weight is 542 g/mol. The van der Waals surface area contributed by atoms with Gasteiger partial charge in [0.05, 0.1) is 5.57 Å². The second kappa shape index (κ2) is 10.2. The van der Waals surface area contributed by atoms with Gasteiger partial charge in [0.2, 0.25) is 0 Å². The van der Waals surface area contributed by atoms with Crippen LogP contribution in [0.3, 0.4) is 0 Å². The number of nitrogens with one attached hydrogen (secondary N) is 2.